The van der Waals surface area contributed by atoms with E-state index in [1.54, 1.807) is 18.5 Å². The third-order valence-corrected chi connectivity index (χ3v) is 2.30. The molecule has 0 radical (unpaired) electrons. The van der Waals surface area contributed by atoms with Gasteiger partial charge in [0.1, 0.15) is 11.4 Å². The average molecular weight is 243 g/mol. The molecule has 5 nitrogen and oxygen atoms in total. The Morgan fingerprint density at radius 1 is 1.22 bits per heavy atom. The lowest BCUT2D eigenvalue weighted by atomic mass is 10.1. The fourth-order valence-corrected chi connectivity index (χ4v) is 1.45. The van der Waals surface area contributed by atoms with E-state index in [2.05, 4.69) is 15.0 Å². The Kier molecular flexibility index (Phi) is 3.62. The van der Waals surface area contributed by atoms with Crippen LogP contribution in [0, 0.1) is 6.92 Å². The van der Waals surface area contributed by atoms with Crippen LogP contribution in [0.25, 0.3) is 0 Å². The van der Waals surface area contributed by atoms with E-state index in [1.807, 2.05) is 13.8 Å². The predicted molar refractivity (Wildman–Crippen MR) is 65.6 cm³/mol. The van der Waals surface area contributed by atoms with Crippen LogP contribution in [0.5, 0.6) is 5.75 Å². The molecule has 0 atom stereocenters. The van der Waals surface area contributed by atoms with Crippen LogP contribution in [0.2, 0.25) is 0 Å². The summed E-state index contributed by atoms with van der Waals surface area (Å²) in [7, 11) is 0. The van der Waals surface area contributed by atoms with Crippen molar-refractivity contribution in [2.45, 2.75) is 13.8 Å². The highest BCUT2D eigenvalue weighted by Crippen LogP contribution is 2.13. The molecule has 0 unspecified atom stereocenters. The molecule has 0 aromatic carbocycles. The van der Waals surface area contributed by atoms with Crippen molar-refractivity contribution in [3.63, 3.8) is 0 Å². The largest absolute Gasteiger partial charge is 0.492 e. The fraction of sp³-hybridized carbons (Fsp3) is 0.231. The topological polar surface area (TPSA) is 65.0 Å². The number of ether oxygens (including phenoxy) is 1. The minimum Gasteiger partial charge on any atom is -0.492 e. The molecule has 0 spiro atoms. The molecule has 0 saturated heterocycles. The fourth-order valence-electron chi connectivity index (χ4n) is 1.45. The second kappa shape index (κ2) is 5.35. The third kappa shape index (κ3) is 2.68. The lowest BCUT2D eigenvalue weighted by Gasteiger charge is -2.04. The van der Waals surface area contributed by atoms with Crippen LogP contribution in [-0.2, 0) is 0 Å². The molecule has 2 aromatic heterocycles. The molecular formula is C13H13N3O2. The van der Waals surface area contributed by atoms with Gasteiger partial charge in [0.2, 0.25) is 5.78 Å². The first-order chi connectivity index (χ1) is 8.70. The van der Waals surface area contributed by atoms with E-state index in [0.717, 1.165) is 5.69 Å². The summed E-state index contributed by atoms with van der Waals surface area (Å²) in [6, 6.07) is 1.65. The van der Waals surface area contributed by atoms with Crippen LogP contribution < -0.4 is 4.74 Å². The normalized spacial score (nSPS) is 10.1. The van der Waals surface area contributed by atoms with Crippen molar-refractivity contribution >= 4 is 5.78 Å². The molecule has 0 saturated carbocycles. The van der Waals surface area contributed by atoms with E-state index in [0.29, 0.717) is 23.6 Å². The van der Waals surface area contributed by atoms with Gasteiger partial charge in [0, 0.05) is 18.0 Å². The maximum atomic E-state index is 12.1. The molecule has 0 amide bonds. The lowest BCUT2D eigenvalue weighted by Crippen LogP contribution is -2.06. The van der Waals surface area contributed by atoms with Gasteiger partial charge in [-0.15, -0.1) is 0 Å². The molecule has 5 heteroatoms. The molecule has 0 aliphatic heterocycles. The average Bonchev–Trinajstić information content (AvgIpc) is 2.39. The van der Waals surface area contributed by atoms with Gasteiger partial charge in [0.05, 0.1) is 24.7 Å². The number of aromatic nitrogens is 3. The summed E-state index contributed by atoms with van der Waals surface area (Å²) in [5.41, 5.74) is 1.52. The van der Waals surface area contributed by atoms with Gasteiger partial charge in [0.25, 0.3) is 0 Å². The van der Waals surface area contributed by atoms with Gasteiger partial charge >= 0.3 is 0 Å². The maximum absolute atomic E-state index is 12.1. The van der Waals surface area contributed by atoms with Crippen molar-refractivity contribution in [2.24, 2.45) is 0 Å². The van der Waals surface area contributed by atoms with Crippen LogP contribution in [0.3, 0.4) is 0 Å². The highest BCUT2D eigenvalue weighted by Gasteiger charge is 2.12. The first-order valence-electron chi connectivity index (χ1n) is 5.62. The SMILES string of the molecule is CCOc1cncc(C(=O)c2cnc(C)cn2)c1. The van der Waals surface area contributed by atoms with Crippen molar-refractivity contribution in [2.75, 3.05) is 6.61 Å². The Morgan fingerprint density at radius 2 is 2.06 bits per heavy atom. The van der Waals surface area contributed by atoms with Gasteiger partial charge in [-0.2, -0.15) is 0 Å². The quantitative estimate of drug-likeness (QED) is 0.766. The van der Waals surface area contributed by atoms with Gasteiger partial charge in [-0.05, 0) is 19.9 Å². The number of rotatable bonds is 4. The molecule has 0 bridgehead atoms. The second-order valence-corrected chi connectivity index (χ2v) is 3.71. The Balaban J connectivity index is 2.28. The number of aryl methyl sites for hydroxylation is 1. The van der Waals surface area contributed by atoms with Gasteiger partial charge in [-0.1, -0.05) is 0 Å². The van der Waals surface area contributed by atoms with Crippen molar-refractivity contribution < 1.29 is 9.53 Å². The van der Waals surface area contributed by atoms with Gasteiger partial charge in [-0.3, -0.25) is 14.8 Å². The highest BCUT2D eigenvalue weighted by molar-refractivity contribution is 6.07. The number of ketones is 1. The van der Waals surface area contributed by atoms with E-state index >= 15 is 0 Å². The summed E-state index contributed by atoms with van der Waals surface area (Å²) in [5.74, 6) is 0.361. The van der Waals surface area contributed by atoms with Crippen molar-refractivity contribution in [1.82, 2.24) is 15.0 Å². The van der Waals surface area contributed by atoms with Crippen LogP contribution >= 0.6 is 0 Å². The number of carbonyl (C=O) groups excluding carboxylic acids is 1. The van der Waals surface area contributed by atoms with Crippen LogP contribution in [0.15, 0.2) is 30.9 Å². The number of hydrogen-bond donors (Lipinski definition) is 0. The summed E-state index contributed by atoms with van der Waals surface area (Å²) >= 11 is 0. The van der Waals surface area contributed by atoms with E-state index in [9.17, 15) is 4.79 Å². The van der Waals surface area contributed by atoms with Gasteiger partial charge in [0.15, 0.2) is 0 Å². The molecular weight excluding hydrogens is 230 g/mol. The summed E-state index contributed by atoms with van der Waals surface area (Å²) < 4.78 is 5.30. The smallest absolute Gasteiger partial charge is 0.214 e. The van der Waals surface area contributed by atoms with Crippen LogP contribution in [0.1, 0.15) is 28.7 Å². The first kappa shape index (κ1) is 12.2. The van der Waals surface area contributed by atoms with Gasteiger partial charge in [-0.25, -0.2) is 4.98 Å². The van der Waals surface area contributed by atoms with E-state index in [4.69, 9.17) is 4.74 Å². The lowest BCUT2D eigenvalue weighted by molar-refractivity contribution is 0.103. The first-order valence-corrected chi connectivity index (χ1v) is 5.62. The molecule has 2 heterocycles. The summed E-state index contributed by atoms with van der Waals surface area (Å²) in [5, 5.41) is 0. The third-order valence-electron chi connectivity index (χ3n) is 2.30. The molecule has 2 rings (SSSR count). The monoisotopic (exact) mass is 243 g/mol. The molecule has 0 aliphatic rings. The molecule has 92 valence electrons. The molecule has 18 heavy (non-hydrogen) atoms. The second-order valence-electron chi connectivity index (χ2n) is 3.71. The molecule has 0 aliphatic carbocycles. The zero-order valence-corrected chi connectivity index (χ0v) is 10.3. The van der Waals surface area contributed by atoms with E-state index in [1.165, 1.54) is 12.4 Å². The minimum absolute atomic E-state index is 0.212. The molecule has 0 N–H and O–H groups in total. The number of carbonyl (C=O) groups is 1. The van der Waals surface area contributed by atoms with Crippen LogP contribution in [0.4, 0.5) is 0 Å². The molecule has 0 fully saturated rings. The maximum Gasteiger partial charge on any atom is 0.214 e. The Bertz CT molecular complexity index is 552. The van der Waals surface area contributed by atoms with Gasteiger partial charge < -0.3 is 4.74 Å². The minimum atomic E-state index is -0.212. The Morgan fingerprint density at radius 3 is 2.72 bits per heavy atom. The van der Waals surface area contributed by atoms with Crippen molar-refractivity contribution in [1.29, 1.82) is 0 Å². The summed E-state index contributed by atoms with van der Waals surface area (Å²) in [4.78, 5) is 24.2. The van der Waals surface area contributed by atoms with Crippen molar-refractivity contribution in [3.05, 3.63) is 47.8 Å². The van der Waals surface area contributed by atoms with Crippen LogP contribution in [-0.4, -0.2) is 27.3 Å². The highest BCUT2D eigenvalue weighted by atomic mass is 16.5. The zero-order valence-electron chi connectivity index (χ0n) is 10.3. The summed E-state index contributed by atoms with van der Waals surface area (Å²) in [6.45, 7) is 4.22. The predicted octanol–water partition coefficient (Wildman–Crippen LogP) is 1.81. The van der Waals surface area contributed by atoms with E-state index < -0.39 is 0 Å². The zero-order chi connectivity index (χ0) is 13.0. The summed E-state index contributed by atoms with van der Waals surface area (Å²) in [6.07, 6.45) is 6.09. The Hall–Kier alpha value is -2.30. The number of nitrogens with zero attached hydrogens (tertiary/aromatic N) is 3. The van der Waals surface area contributed by atoms with E-state index in [-0.39, 0.29) is 5.78 Å². The molecule has 2 aromatic rings. The standard InChI is InChI=1S/C13H13N3O2/c1-3-18-11-4-10(6-14-7-11)13(17)12-8-15-9(2)5-16-12/h4-8H,3H2,1-2H3. The number of pyridine rings is 1. The van der Waals surface area contributed by atoms with Crippen molar-refractivity contribution in [3.8, 4) is 5.75 Å². The Labute approximate surface area is 105 Å². The number of hydrogen-bond acceptors (Lipinski definition) is 5.